The second-order valence-corrected chi connectivity index (χ2v) is 17.4. The zero-order valence-corrected chi connectivity index (χ0v) is 31.5. The lowest BCUT2D eigenvalue weighted by molar-refractivity contribution is -0.290. The average Bonchev–Trinajstić information content (AvgIpc) is 3.46. The number of ether oxygens (including phenoxy) is 5. The lowest BCUT2D eigenvalue weighted by atomic mass is 9.47. The number of aliphatic hydroxyl groups excluding tert-OH is 5. The van der Waals surface area contributed by atoms with Gasteiger partial charge in [0.05, 0.1) is 25.9 Å². The van der Waals surface area contributed by atoms with E-state index in [-0.39, 0.29) is 60.3 Å². The van der Waals surface area contributed by atoms with E-state index in [1.165, 1.54) is 18.3 Å². The Morgan fingerprint density at radius 3 is 2.27 bits per heavy atom. The van der Waals surface area contributed by atoms with Crippen LogP contribution in [-0.2, 0) is 28.5 Å². The summed E-state index contributed by atoms with van der Waals surface area (Å²) in [6.07, 6.45) is 4.81. The minimum Gasteiger partial charge on any atom is -0.388 e. The average molecular weight is 721 g/mol. The van der Waals surface area contributed by atoms with Crippen molar-refractivity contribution >= 4 is 5.78 Å². The van der Waals surface area contributed by atoms with Crippen molar-refractivity contribution in [3.05, 3.63) is 23.3 Å². The summed E-state index contributed by atoms with van der Waals surface area (Å²) in [5, 5.41) is 50.4. The lowest BCUT2D eigenvalue weighted by Crippen LogP contribution is -2.56. The van der Waals surface area contributed by atoms with E-state index in [4.69, 9.17) is 23.7 Å². The summed E-state index contributed by atoms with van der Waals surface area (Å²) in [4.78, 5) is 14.0. The molecule has 11 heteroatoms. The number of aliphatic hydroxyl groups is 5. The first kappa shape index (κ1) is 39.4. The van der Waals surface area contributed by atoms with Crippen LogP contribution in [0.1, 0.15) is 92.4 Å². The summed E-state index contributed by atoms with van der Waals surface area (Å²) < 4.78 is 28.8. The van der Waals surface area contributed by atoms with Gasteiger partial charge in [-0.05, 0) is 91.8 Å². The number of carbonyl (C=O) groups is 1. The van der Waals surface area contributed by atoms with E-state index in [1.54, 1.807) is 0 Å². The first-order valence-corrected chi connectivity index (χ1v) is 19.6. The van der Waals surface area contributed by atoms with Crippen molar-refractivity contribution in [1.29, 1.82) is 0 Å². The number of carbonyl (C=O) groups excluding carboxylic acids is 1. The van der Waals surface area contributed by atoms with Crippen molar-refractivity contribution in [2.45, 2.75) is 148 Å². The van der Waals surface area contributed by atoms with Crippen molar-refractivity contribution in [2.75, 3.05) is 26.9 Å². The van der Waals surface area contributed by atoms with Gasteiger partial charge < -0.3 is 49.2 Å². The Bertz CT molecular complexity index is 1280. The molecular weight excluding hydrogens is 656 g/mol. The maximum Gasteiger partial charge on any atom is 0.186 e. The van der Waals surface area contributed by atoms with Crippen LogP contribution in [0.25, 0.3) is 0 Å². The van der Waals surface area contributed by atoms with E-state index in [1.807, 2.05) is 0 Å². The summed E-state index contributed by atoms with van der Waals surface area (Å²) in [6, 6.07) is 0. The second-order valence-electron chi connectivity index (χ2n) is 17.4. The summed E-state index contributed by atoms with van der Waals surface area (Å²) >= 11 is 0. The molecular formula is C40H64O11. The van der Waals surface area contributed by atoms with Crippen molar-refractivity contribution in [3.63, 3.8) is 0 Å². The SMILES string of the molecule is CO[C@H]1[C@H](O[C@H]2CC[C@@]3(C)C(=CC[C@@H]4[C@@H]3CC[C@]3(C)C([C@H](C)C(=O)C[C@H](CCO[C@@H]5OC[C@@H](O)[C@H](O)[C@H]5O)C(C)C)=CC[C@@H]43)C2)OC[C@@H](O)[C@@H]1O. The topological polar surface area (TPSA) is 164 Å². The molecule has 51 heavy (non-hydrogen) atoms. The highest BCUT2D eigenvalue weighted by atomic mass is 16.7. The molecule has 290 valence electrons. The largest absolute Gasteiger partial charge is 0.388 e. The molecule has 2 aliphatic heterocycles. The molecule has 2 saturated carbocycles. The van der Waals surface area contributed by atoms with E-state index >= 15 is 0 Å². The van der Waals surface area contributed by atoms with Gasteiger partial charge in [-0.2, -0.15) is 0 Å². The smallest absolute Gasteiger partial charge is 0.186 e. The van der Waals surface area contributed by atoms with Gasteiger partial charge in [0.2, 0.25) is 0 Å². The Hall–Kier alpha value is -1.25. The Balaban J connectivity index is 1.05. The fourth-order valence-electron chi connectivity index (χ4n) is 10.9. The van der Waals surface area contributed by atoms with Crippen LogP contribution in [-0.4, -0.2) is 114 Å². The van der Waals surface area contributed by atoms with Gasteiger partial charge in [0.1, 0.15) is 42.4 Å². The van der Waals surface area contributed by atoms with Crippen LogP contribution in [0.5, 0.6) is 0 Å². The summed E-state index contributed by atoms with van der Waals surface area (Å²) in [5.41, 5.74) is 2.92. The molecule has 4 fully saturated rings. The van der Waals surface area contributed by atoms with Crippen molar-refractivity contribution in [1.82, 2.24) is 0 Å². The standard InChI is InChI=1S/C40H64O11/c1-21(2)23(13-16-48-37-35(46)33(44)31(42)19-49-37)17-30(41)22(3)27-9-10-28-26-8-7-24-18-25(51-38-36(47-6)34(45)32(43)20-50-38)11-14-39(24,4)29(26)12-15-40(27,28)5/h7,9,21-23,25-26,28-29,31-38,42-46H,8,10-20H2,1-6H3/t22-,23-,25-,26-,28-,29-,31+,32+,33-,34-,35+,36+,37+,38-,39-,40+/m0/s1. The fourth-order valence-corrected chi connectivity index (χ4v) is 10.9. The molecule has 0 aromatic rings. The van der Waals surface area contributed by atoms with Crippen LogP contribution >= 0.6 is 0 Å². The van der Waals surface area contributed by atoms with Gasteiger partial charge in [-0.3, -0.25) is 4.79 Å². The Kier molecular flexibility index (Phi) is 12.3. The number of rotatable bonds is 12. The Labute approximate surface area is 303 Å². The number of ketones is 1. The zero-order chi connectivity index (χ0) is 36.8. The molecule has 6 aliphatic rings. The normalized spacial score (nSPS) is 45.3. The van der Waals surface area contributed by atoms with E-state index in [9.17, 15) is 30.3 Å². The number of hydrogen-bond acceptors (Lipinski definition) is 11. The van der Waals surface area contributed by atoms with Crippen LogP contribution in [0, 0.1) is 46.3 Å². The molecule has 11 nitrogen and oxygen atoms in total. The molecule has 0 spiro atoms. The third kappa shape index (κ3) is 7.56. The molecule has 6 rings (SSSR count). The van der Waals surface area contributed by atoms with Crippen molar-refractivity contribution < 1.29 is 54.0 Å². The molecule has 0 unspecified atom stereocenters. The van der Waals surface area contributed by atoms with Crippen LogP contribution in [0.4, 0.5) is 0 Å². The summed E-state index contributed by atoms with van der Waals surface area (Å²) in [7, 11) is 1.51. The predicted octanol–water partition coefficient (Wildman–Crippen LogP) is 3.68. The van der Waals surface area contributed by atoms with Gasteiger partial charge in [0.25, 0.3) is 0 Å². The number of allylic oxidation sites excluding steroid dienone is 3. The molecule has 0 amide bonds. The van der Waals surface area contributed by atoms with Gasteiger partial charge in [0, 0.05) is 19.4 Å². The van der Waals surface area contributed by atoms with Gasteiger partial charge >= 0.3 is 0 Å². The first-order chi connectivity index (χ1) is 24.2. The molecule has 0 aromatic carbocycles. The number of methoxy groups -OCH3 is 1. The van der Waals surface area contributed by atoms with E-state index in [0.29, 0.717) is 30.6 Å². The Morgan fingerprint density at radius 1 is 0.882 bits per heavy atom. The van der Waals surface area contributed by atoms with Crippen LogP contribution in [0.2, 0.25) is 0 Å². The van der Waals surface area contributed by atoms with Gasteiger partial charge in [-0.25, -0.2) is 0 Å². The molecule has 0 bridgehead atoms. The zero-order valence-electron chi connectivity index (χ0n) is 31.5. The highest BCUT2D eigenvalue weighted by Crippen LogP contribution is 2.66. The van der Waals surface area contributed by atoms with Crippen LogP contribution in [0.3, 0.4) is 0 Å². The van der Waals surface area contributed by atoms with E-state index in [2.05, 4.69) is 46.8 Å². The highest BCUT2D eigenvalue weighted by molar-refractivity contribution is 5.84. The second kappa shape index (κ2) is 15.8. The van der Waals surface area contributed by atoms with Gasteiger partial charge in [0.15, 0.2) is 12.6 Å². The first-order valence-electron chi connectivity index (χ1n) is 19.6. The van der Waals surface area contributed by atoms with E-state index < -0.39 is 49.2 Å². The summed E-state index contributed by atoms with van der Waals surface area (Å²) in [6.45, 7) is 11.5. The van der Waals surface area contributed by atoms with Crippen molar-refractivity contribution in [3.8, 4) is 0 Å². The minimum atomic E-state index is -1.32. The predicted molar refractivity (Wildman–Crippen MR) is 188 cm³/mol. The maximum absolute atomic E-state index is 14.0. The number of fused-ring (bicyclic) bond motifs is 5. The van der Waals surface area contributed by atoms with Crippen LogP contribution < -0.4 is 0 Å². The van der Waals surface area contributed by atoms with Gasteiger partial charge in [-0.15, -0.1) is 0 Å². The number of hydrogen-bond donors (Lipinski definition) is 5. The summed E-state index contributed by atoms with van der Waals surface area (Å²) in [5.74, 6) is 2.18. The molecule has 2 saturated heterocycles. The van der Waals surface area contributed by atoms with E-state index in [0.717, 1.165) is 44.9 Å². The third-order valence-corrected chi connectivity index (χ3v) is 14.3. The third-order valence-electron chi connectivity index (χ3n) is 14.3. The molecule has 5 N–H and O–H groups in total. The Morgan fingerprint density at radius 2 is 1.57 bits per heavy atom. The lowest BCUT2D eigenvalue weighted by Gasteiger charge is -2.58. The van der Waals surface area contributed by atoms with Gasteiger partial charge in [-0.1, -0.05) is 57.9 Å². The highest BCUT2D eigenvalue weighted by Gasteiger charge is 2.58. The van der Waals surface area contributed by atoms with Crippen LogP contribution in [0.15, 0.2) is 23.3 Å². The monoisotopic (exact) mass is 720 g/mol. The fraction of sp³-hybridized carbons (Fsp3) is 0.875. The number of Topliss-reactive ketones (excluding diaryl/α,β-unsaturated/α-hetero) is 1. The molecule has 16 atom stereocenters. The van der Waals surface area contributed by atoms with Crippen molar-refractivity contribution in [2.24, 2.45) is 46.3 Å². The minimum absolute atomic E-state index is 0.00739. The molecule has 2 heterocycles. The molecule has 0 radical (unpaired) electrons. The quantitative estimate of drug-likeness (QED) is 0.187. The molecule has 4 aliphatic carbocycles. The molecule has 0 aromatic heterocycles. The maximum atomic E-state index is 14.0.